The number of hydrogen-bond acceptors (Lipinski definition) is 2. The Hall–Kier alpha value is -0.843. The first-order valence-electron chi connectivity index (χ1n) is 7.10. The van der Waals surface area contributed by atoms with E-state index in [1.807, 2.05) is 0 Å². The van der Waals surface area contributed by atoms with E-state index in [4.69, 9.17) is 0 Å². The number of amides is 3. The number of nitrogens with zero attached hydrogens (tertiary/aromatic N) is 2. The molecule has 0 bridgehead atoms. The summed E-state index contributed by atoms with van der Waals surface area (Å²) in [5.74, 6) is 0.0320. The molecule has 18 heavy (non-hydrogen) atoms. The SMILES string of the molecule is CCC[Si](CCC)(CCC)N1C(=O)CN(C)C1=O. The molecule has 0 N–H and O–H groups in total. The Labute approximate surface area is 111 Å². The summed E-state index contributed by atoms with van der Waals surface area (Å²) in [6, 6.07) is 3.11. The first-order valence-corrected chi connectivity index (χ1v) is 9.67. The predicted octanol–water partition coefficient (Wildman–Crippen LogP) is 3.06. The molecule has 0 unspecified atom stereocenters. The molecule has 1 saturated heterocycles. The maximum absolute atomic E-state index is 12.3. The van der Waals surface area contributed by atoms with Gasteiger partial charge in [-0.25, -0.2) is 4.79 Å². The molecule has 4 nitrogen and oxygen atoms in total. The van der Waals surface area contributed by atoms with Gasteiger partial charge in [0.15, 0.2) is 8.24 Å². The third-order valence-electron chi connectivity index (χ3n) is 3.76. The first kappa shape index (κ1) is 15.2. The molecule has 0 saturated carbocycles. The Bertz CT molecular complexity index is 303. The van der Waals surface area contributed by atoms with Gasteiger partial charge in [-0.3, -0.25) is 9.36 Å². The van der Waals surface area contributed by atoms with Gasteiger partial charge in [-0.2, -0.15) is 0 Å². The van der Waals surface area contributed by atoms with Crippen LogP contribution < -0.4 is 0 Å². The molecule has 1 fully saturated rings. The molecular formula is C13H26N2O2Si. The third-order valence-corrected chi connectivity index (χ3v) is 9.44. The fourth-order valence-corrected chi connectivity index (χ4v) is 8.58. The Kier molecular flexibility index (Phi) is 5.38. The van der Waals surface area contributed by atoms with Crippen molar-refractivity contribution in [1.82, 2.24) is 9.47 Å². The van der Waals surface area contributed by atoms with Crippen molar-refractivity contribution < 1.29 is 9.59 Å². The number of carbonyl (C=O) groups is 2. The maximum atomic E-state index is 12.3. The number of rotatable bonds is 7. The van der Waals surface area contributed by atoms with Gasteiger partial charge >= 0.3 is 6.03 Å². The van der Waals surface area contributed by atoms with E-state index in [9.17, 15) is 9.59 Å². The Morgan fingerprint density at radius 3 is 1.72 bits per heavy atom. The molecule has 5 heteroatoms. The summed E-state index contributed by atoms with van der Waals surface area (Å²) in [6.07, 6.45) is 3.19. The largest absolute Gasteiger partial charge is 0.319 e. The quantitative estimate of drug-likeness (QED) is 0.527. The lowest BCUT2D eigenvalue weighted by Gasteiger charge is -2.38. The van der Waals surface area contributed by atoms with Gasteiger partial charge in [-0.05, 0) is 18.1 Å². The van der Waals surface area contributed by atoms with Gasteiger partial charge in [-0.1, -0.05) is 40.0 Å². The van der Waals surface area contributed by atoms with Crippen molar-refractivity contribution in [2.45, 2.75) is 58.2 Å². The van der Waals surface area contributed by atoms with E-state index in [-0.39, 0.29) is 18.5 Å². The maximum Gasteiger partial charge on any atom is 0.318 e. The topological polar surface area (TPSA) is 40.6 Å². The zero-order valence-corrected chi connectivity index (χ0v) is 13.2. The Morgan fingerprint density at radius 1 is 1.00 bits per heavy atom. The standard InChI is InChI=1S/C13H26N2O2Si/c1-5-8-18(9-6-2,10-7-3)15-12(16)11-14(4)13(15)17/h5-11H2,1-4H3. The molecule has 3 amide bonds. The molecule has 1 rings (SSSR count). The van der Waals surface area contributed by atoms with Gasteiger partial charge in [0.1, 0.15) is 6.54 Å². The van der Waals surface area contributed by atoms with Crippen molar-refractivity contribution in [2.24, 2.45) is 0 Å². The lowest BCUT2D eigenvalue weighted by atomic mass is 10.5. The van der Waals surface area contributed by atoms with Gasteiger partial charge in [0.2, 0.25) is 5.91 Å². The summed E-state index contributed by atoms with van der Waals surface area (Å²) < 4.78 is 1.70. The number of urea groups is 1. The highest BCUT2D eigenvalue weighted by molar-refractivity contribution is 6.81. The normalized spacial score (nSPS) is 16.9. The summed E-state index contributed by atoms with van der Waals surface area (Å²) >= 11 is 0. The van der Waals surface area contributed by atoms with E-state index in [1.54, 1.807) is 16.5 Å². The minimum atomic E-state index is -1.94. The van der Waals surface area contributed by atoms with Crippen LogP contribution in [0.3, 0.4) is 0 Å². The Balaban J connectivity index is 3.07. The van der Waals surface area contributed by atoms with E-state index < -0.39 is 8.24 Å². The highest BCUT2D eigenvalue weighted by atomic mass is 28.3. The van der Waals surface area contributed by atoms with Crippen LogP contribution in [0.25, 0.3) is 0 Å². The molecule has 1 heterocycles. The lowest BCUT2D eigenvalue weighted by Crippen LogP contribution is -2.56. The molecule has 104 valence electrons. The zero-order chi connectivity index (χ0) is 13.8. The average Bonchev–Trinajstić information content (AvgIpc) is 2.54. The highest BCUT2D eigenvalue weighted by Gasteiger charge is 2.48. The summed E-state index contributed by atoms with van der Waals surface area (Å²) in [7, 11) is -0.212. The number of carbonyl (C=O) groups excluding carboxylic acids is 2. The van der Waals surface area contributed by atoms with E-state index in [0.717, 1.165) is 37.4 Å². The van der Waals surface area contributed by atoms with Crippen LogP contribution in [0.1, 0.15) is 40.0 Å². The molecule has 0 aromatic heterocycles. The van der Waals surface area contributed by atoms with Crippen molar-refractivity contribution in [3.8, 4) is 0 Å². The van der Waals surface area contributed by atoms with Crippen LogP contribution in [-0.2, 0) is 4.79 Å². The van der Waals surface area contributed by atoms with Crippen LogP contribution in [-0.4, -0.2) is 43.2 Å². The second kappa shape index (κ2) is 6.36. The first-order chi connectivity index (χ1) is 8.52. The monoisotopic (exact) mass is 270 g/mol. The second-order valence-electron chi connectivity index (χ2n) is 5.34. The van der Waals surface area contributed by atoms with Crippen molar-refractivity contribution >= 4 is 20.2 Å². The van der Waals surface area contributed by atoms with Gasteiger partial charge in [-0.15, -0.1) is 0 Å². The van der Waals surface area contributed by atoms with Gasteiger partial charge in [0.05, 0.1) is 0 Å². The molecule has 0 radical (unpaired) electrons. The van der Waals surface area contributed by atoms with Crippen LogP contribution in [0.5, 0.6) is 0 Å². The van der Waals surface area contributed by atoms with Crippen LogP contribution in [0.4, 0.5) is 4.79 Å². The minimum Gasteiger partial charge on any atom is -0.319 e. The van der Waals surface area contributed by atoms with Gasteiger partial charge in [0.25, 0.3) is 0 Å². The van der Waals surface area contributed by atoms with E-state index in [1.165, 1.54) is 0 Å². The van der Waals surface area contributed by atoms with E-state index in [2.05, 4.69) is 20.8 Å². The molecule has 0 aromatic carbocycles. The summed E-state index contributed by atoms with van der Waals surface area (Å²) in [4.78, 5) is 26.0. The van der Waals surface area contributed by atoms with Crippen LogP contribution >= 0.6 is 0 Å². The summed E-state index contributed by atoms with van der Waals surface area (Å²) in [5.41, 5.74) is 0. The molecule has 0 aromatic rings. The van der Waals surface area contributed by atoms with Crippen LogP contribution in [0.2, 0.25) is 18.1 Å². The molecule has 1 aliphatic rings. The Morgan fingerprint density at radius 2 is 1.44 bits per heavy atom. The smallest absolute Gasteiger partial charge is 0.318 e. The lowest BCUT2D eigenvalue weighted by molar-refractivity contribution is -0.122. The van der Waals surface area contributed by atoms with Crippen LogP contribution in [0, 0.1) is 0 Å². The fourth-order valence-electron chi connectivity index (χ4n) is 3.19. The van der Waals surface area contributed by atoms with Crippen molar-refractivity contribution in [1.29, 1.82) is 0 Å². The minimum absolute atomic E-state index is 0.0320. The molecule has 0 aliphatic carbocycles. The van der Waals surface area contributed by atoms with E-state index >= 15 is 0 Å². The second-order valence-corrected chi connectivity index (χ2v) is 9.74. The number of likely N-dealkylation sites (N-methyl/N-ethyl adjacent to an activating group) is 1. The molecule has 0 atom stereocenters. The van der Waals surface area contributed by atoms with Crippen molar-refractivity contribution in [3.63, 3.8) is 0 Å². The fraction of sp³-hybridized carbons (Fsp3) is 0.846. The molecule has 0 spiro atoms. The number of imide groups is 1. The van der Waals surface area contributed by atoms with Crippen molar-refractivity contribution in [2.75, 3.05) is 13.6 Å². The molecular weight excluding hydrogens is 244 g/mol. The zero-order valence-electron chi connectivity index (χ0n) is 12.2. The van der Waals surface area contributed by atoms with Crippen LogP contribution in [0.15, 0.2) is 0 Å². The van der Waals surface area contributed by atoms with E-state index in [0.29, 0.717) is 0 Å². The summed E-state index contributed by atoms with van der Waals surface area (Å²) in [6.45, 7) is 6.73. The number of hydrogen-bond donors (Lipinski definition) is 0. The molecule has 1 aliphatic heterocycles. The van der Waals surface area contributed by atoms with Crippen molar-refractivity contribution in [3.05, 3.63) is 0 Å². The summed E-state index contributed by atoms with van der Waals surface area (Å²) in [5, 5.41) is 0. The van der Waals surface area contributed by atoms with Gasteiger partial charge < -0.3 is 4.90 Å². The van der Waals surface area contributed by atoms with Gasteiger partial charge in [0, 0.05) is 7.05 Å². The third kappa shape index (κ3) is 2.76. The average molecular weight is 270 g/mol. The predicted molar refractivity (Wildman–Crippen MR) is 75.9 cm³/mol. The highest BCUT2D eigenvalue weighted by Crippen LogP contribution is 2.32.